The molecule has 4 nitrogen and oxygen atoms in total. The van der Waals surface area contributed by atoms with Crippen LogP contribution in [0.5, 0.6) is 0 Å². The molecule has 0 amide bonds. The molecular weight excluding hydrogens is 238 g/mol. The van der Waals surface area contributed by atoms with Crippen molar-refractivity contribution in [2.75, 3.05) is 13.1 Å². The van der Waals surface area contributed by atoms with E-state index in [0.717, 1.165) is 55.3 Å². The van der Waals surface area contributed by atoms with Crippen LogP contribution in [-0.4, -0.2) is 39.0 Å². The lowest BCUT2D eigenvalue weighted by Gasteiger charge is -2.29. The van der Waals surface area contributed by atoms with Crippen molar-refractivity contribution in [3.05, 3.63) is 16.4 Å². The van der Waals surface area contributed by atoms with Gasteiger partial charge in [-0.1, -0.05) is 18.5 Å². The summed E-state index contributed by atoms with van der Waals surface area (Å²) in [6, 6.07) is 0. The van der Waals surface area contributed by atoms with Crippen molar-refractivity contribution in [2.45, 2.75) is 38.8 Å². The van der Waals surface area contributed by atoms with Gasteiger partial charge in [0.15, 0.2) is 0 Å². The van der Waals surface area contributed by atoms with Gasteiger partial charge in [0.2, 0.25) is 0 Å². The Hall–Kier alpha value is -0.580. The Kier molecular flexibility index (Phi) is 4.07. The van der Waals surface area contributed by atoms with Gasteiger partial charge in [-0.25, -0.2) is 0 Å². The zero-order chi connectivity index (χ0) is 12.4. The molecule has 1 aliphatic heterocycles. The van der Waals surface area contributed by atoms with Crippen LogP contribution < -0.4 is 0 Å². The van der Waals surface area contributed by atoms with Crippen LogP contribution in [0.25, 0.3) is 0 Å². The van der Waals surface area contributed by atoms with Crippen molar-refractivity contribution in [3.8, 4) is 0 Å². The van der Waals surface area contributed by atoms with Gasteiger partial charge in [0.1, 0.15) is 5.15 Å². The molecule has 0 saturated carbocycles. The normalized spacial score (nSPS) is 18.8. The number of aryl methyl sites for hydroxylation is 2. The molecule has 5 heteroatoms. The molecule has 1 aliphatic rings. The minimum atomic E-state index is -0.124. The maximum atomic E-state index is 9.48. The first-order valence-electron chi connectivity index (χ1n) is 6.22. The Morgan fingerprint density at radius 3 is 2.65 bits per heavy atom. The molecule has 1 aromatic heterocycles. The van der Waals surface area contributed by atoms with Crippen LogP contribution >= 0.6 is 11.6 Å². The van der Waals surface area contributed by atoms with Crippen LogP contribution in [0.15, 0.2) is 0 Å². The number of nitrogens with zero attached hydrogens (tertiary/aromatic N) is 3. The van der Waals surface area contributed by atoms with Crippen molar-refractivity contribution in [1.82, 2.24) is 14.7 Å². The fourth-order valence-electron chi connectivity index (χ4n) is 2.34. The van der Waals surface area contributed by atoms with Crippen LogP contribution in [0.1, 0.15) is 31.0 Å². The van der Waals surface area contributed by atoms with E-state index in [1.165, 1.54) is 0 Å². The number of hydrogen-bond acceptors (Lipinski definition) is 3. The second kappa shape index (κ2) is 5.38. The van der Waals surface area contributed by atoms with Gasteiger partial charge in [-0.2, -0.15) is 5.10 Å². The summed E-state index contributed by atoms with van der Waals surface area (Å²) in [5.41, 5.74) is 2.23. The predicted octanol–water partition coefficient (Wildman–Crippen LogP) is 1.59. The molecule has 1 N–H and O–H groups in total. The summed E-state index contributed by atoms with van der Waals surface area (Å²) >= 11 is 6.27. The van der Waals surface area contributed by atoms with E-state index in [1.807, 2.05) is 7.05 Å². The van der Waals surface area contributed by atoms with Gasteiger partial charge in [-0.05, 0) is 19.3 Å². The van der Waals surface area contributed by atoms with Crippen molar-refractivity contribution >= 4 is 11.6 Å². The van der Waals surface area contributed by atoms with Crippen LogP contribution in [0.2, 0.25) is 5.15 Å². The van der Waals surface area contributed by atoms with Gasteiger partial charge >= 0.3 is 0 Å². The van der Waals surface area contributed by atoms with E-state index in [-0.39, 0.29) is 6.10 Å². The zero-order valence-electron chi connectivity index (χ0n) is 10.5. The summed E-state index contributed by atoms with van der Waals surface area (Å²) in [7, 11) is 1.88. The Morgan fingerprint density at radius 2 is 2.06 bits per heavy atom. The molecule has 0 unspecified atom stereocenters. The molecule has 0 bridgehead atoms. The number of aliphatic hydroxyl groups is 1. The van der Waals surface area contributed by atoms with Crippen molar-refractivity contribution in [3.63, 3.8) is 0 Å². The van der Waals surface area contributed by atoms with E-state index in [4.69, 9.17) is 11.6 Å². The number of likely N-dealkylation sites (tertiary alicyclic amines) is 1. The Morgan fingerprint density at radius 1 is 1.41 bits per heavy atom. The monoisotopic (exact) mass is 257 g/mol. The topological polar surface area (TPSA) is 41.3 Å². The Balaban J connectivity index is 2.07. The first-order chi connectivity index (χ1) is 8.11. The van der Waals surface area contributed by atoms with Gasteiger partial charge in [-0.15, -0.1) is 0 Å². The molecule has 2 heterocycles. The number of aliphatic hydroxyl groups excluding tert-OH is 1. The van der Waals surface area contributed by atoms with Gasteiger partial charge < -0.3 is 5.11 Å². The van der Waals surface area contributed by atoms with E-state index >= 15 is 0 Å². The minimum Gasteiger partial charge on any atom is -0.393 e. The third-order valence-corrected chi connectivity index (χ3v) is 3.90. The SMILES string of the molecule is CCc1nn(C)c(Cl)c1CN1CCC(O)CC1. The summed E-state index contributed by atoms with van der Waals surface area (Å²) in [4.78, 5) is 2.34. The number of piperidine rings is 1. The molecule has 1 saturated heterocycles. The van der Waals surface area contributed by atoms with Crippen LogP contribution in [-0.2, 0) is 20.0 Å². The van der Waals surface area contributed by atoms with Crippen LogP contribution in [0.4, 0.5) is 0 Å². The molecule has 0 aromatic carbocycles. The highest BCUT2D eigenvalue weighted by atomic mass is 35.5. The maximum Gasteiger partial charge on any atom is 0.131 e. The maximum absolute atomic E-state index is 9.48. The molecular formula is C12H20ClN3O. The fourth-order valence-corrected chi connectivity index (χ4v) is 2.55. The average molecular weight is 258 g/mol. The highest BCUT2D eigenvalue weighted by molar-refractivity contribution is 6.30. The molecule has 1 fully saturated rings. The Bertz CT molecular complexity index is 383. The van der Waals surface area contributed by atoms with Gasteiger partial charge in [0.25, 0.3) is 0 Å². The zero-order valence-corrected chi connectivity index (χ0v) is 11.2. The van der Waals surface area contributed by atoms with E-state index in [1.54, 1.807) is 4.68 Å². The lowest BCUT2D eigenvalue weighted by atomic mass is 10.1. The highest BCUT2D eigenvalue weighted by Gasteiger charge is 2.21. The third kappa shape index (κ3) is 2.81. The summed E-state index contributed by atoms with van der Waals surface area (Å²) in [5.74, 6) is 0. The fraction of sp³-hybridized carbons (Fsp3) is 0.750. The van der Waals surface area contributed by atoms with E-state index < -0.39 is 0 Å². The predicted molar refractivity (Wildman–Crippen MR) is 68.1 cm³/mol. The molecule has 0 spiro atoms. The first-order valence-corrected chi connectivity index (χ1v) is 6.60. The van der Waals surface area contributed by atoms with Gasteiger partial charge in [-0.3, -0.25) is 9.58 Å². The van der Waals surface area contributed by atoms with Gasteiger partial charge in [0.05, 0.1) is 11.8 Å². The van der Waals surface area contributed by atoms with Crippen molar-refractivity contribution in [1.29, 1.82) is 0 Å². The molecule has 2 rings (SSSR count). The lowest BCUT2D eigenvalue weighted by Crippen LogP contribution is -2.35. The lowest BCUT2D eigenvalue weighted by molar-refractivity contribution is 0.0791. The molecule has 0 aliphatic carbocycles. The Labute approximate surface area is 107 Å². The first kappa shape index (κ1) is 12.9. The summed E-state index contributed by atoms with van der Waals surface area (Å²) in [6.07, 6.45) is 2.51. The minimum absolute atomic E-state index is 0.124. The van der Waals surface area contributed by atoms with E-state index in [9.17, 15) is 5.11 Å². The van der Waals surface area contributed by atoms with Crippen molar-refractivity contribution in [2.24, 2.45) is 7.05 Å². The number of rotatable bonds is 3. The van der Waals surface area contributed by atoms with E-state index in [0.29, 0.717) is 0 Å². The summed E-state index contributed by atoms with van der Waals surface area (Å²) in [6.45, 7) is 4.83. The largest absolute Gasteiger partial charge is 0.393 e. The smallest absolute Gasteiger partial charge is 0.131 e. The highest BCUT2D eigenvalue weighted by Crippen LogP contribution is 2.23. The second-order valence-electron chi connectivity index (χ2n) is 4.70. The number of aromatic nitrogens is 2. The molecule has 0 radical (unpaired) electrons. The standard InChI is InChI=1S/C12H20ClN3O/c1-3-11-10(12(13)15(2)14-11)8-16-6-4-9(17)5-7-16/h9,17H,3-8H2,1-2H3. The van der Waals surface area contributed by atoms with E-state index in [2.05, 4.69) is 16.9 Å². The van der Waals surface area contributed by atoms with Crippen LogP contribution in [0.3, 0.4) is 0 Å². The van der Waals surface area contributed by atoms with Crippen LogP contribution in [0, 0.1) is 0 Å². The molecule has 96 valence electrons. The summed E-state index contributed by atoms with van der Waals surface area (Å²) in [5, 5.41) is 14.6. The van der Waals surface area contributed by atoms with Gasteiger partial charge in [0, 0.05) is 32.2 Å². The molecule has 1 aromatic rings. The number of halogens is 1. The average Bonchev–Trinajstić information content (AvgIpc) is 2.59. The second-order valence-corrected chi connectivity index (χ2v) is 5.06. The number of hydrogen-bond donors (Lipinski definition) is 1. The quantitative estimate of drug-likeness (QED) is 0.894. The summed E-state index contributed by atoms with van der Waals surface area (Å²) < 4.78 is 1.74. The molecule has 17 heavy (non-hydrogen) atoms. The third-order valence-electron chi connectivity index (χ3n) is 3.43. The molecule has 0 atom stereocenters. The van der Waals surface area contributed by atoms with Crippen molar-refractivity contribution < 1.29 is 5.11 Å².